The van der Waals surface area contributed by atoms with Crippen LogP contribution >= 0.6 is 0 Å². The van der Waals surface area contributed by atoms with Crippen molar-refractivity contribution in [2.45, 2.75) is 448 Å². The zero-order chi connectivity index (χ0) is 60.7. The van der Waals surface area contributed by atoms with Gasteiger partial charge in [0.1, 0.15) is 24.4 Å². The first-order valence-electron chi connectivity index (χ1n) is 37.9. The number of allylic oxidation sites excluding steroid dienone is 2. The van der Waals surface area contributed by atoms with E-state index in [0.29, 0.717) is 12.8 Å². The molecule has 0 spiro atoms. The number of rotatable bonds is 68. The minimum absolute atomic E-state index is 0.131. The van der Waals surface area contributed by atoms with Crippen molar-refractivity contribution in [1.82, 2.24) is 5.32 Å². The molecule has 0 radical (unpaired) electrons. The third-order valence-electron chi connectivity index (χ3n) is 18.6. The van der Waals surface area contributed by atoms with E-state index in [1.54, 1.807) is 0 Å². The van der Waals surface area contributed by atoms with E-state index in [4.69, 9.17) is 9.47 Å². The first-order valence-corrected chi connectivity index (χ1v) is 37.9. The Labute approximate surface area is 522 Å². The molecular formula is C75H147NO8. The number of amides is 1. The molecule has 1 rings (SSSR count). The van der Waals surface area contributed by atoms with Gasteiger partial charge in [0.2, 0.25) is 5.91 Å². The second-order valence-corrected chi connectivity index (χ2v) is 26.8. The molecule has 1 aliphatic heterocycles. The third-order valence-corrected chi connectivity index (χ3v) is 18.6. The highest BCUT2D eigenvalue weighted by molar-refractivity contribution is 5.76. The number of hydrogen-bond acceptors (Lipinski definition) is 8. The molecule has 0 aromatic carbocycles. The number of aliphatic hydroxyl groups is 5. The Morgan fingerprint density at radius 1 is 0.393 bits per heavy atom. The van der Waals surface area contributed by atoms with Crippen LogP contribution in [0.4, 0.5) is 0 Å². The number of aliphatic hydroxyl groups excluding tert-OH is 5. The van der Waals surface area contributed by atoms with E-state index < -0.39 is 49.5 Å². The molecule has 1 saturated heterocycles. The molecule has 0 aromatic rings. The van der Waals surface area contributed by atoms with Crippen molar-refractivity contribution in [3.63, 3.8) is 0 Å². The van der Waals surface area contributed by atoms with Crippen molar-refractivity contribution in [3.8, 4) is 0 Å². The van der Waals surface area contributed by atoms with Gasteiger partial charge < -0.3 is 40.3 Å². The van der Waals surface area contributed by atoms with Crippen LogP contribution in [0.15, 0.2) is 12.2 Å². The summed E-state index contributed by atoms with van der Waals surface area (Å²) in [5.41, 5.74) is 0. The molecule has 0 aliphatic carbocycles. The van der Waals surface area contributed by atoms with Gasteiger partial charge in [-0.1, -0.05) is 373 Å². The Hall–Kier alpha value is -1.07. The summed E-state index contributed by atoms with van der Waals surface area (Å²) >= 11 is 0. The van der Waals surface area contributed by atoms with Crippen LogP contribution < -0.4 is 5.32 Å². The van der Waals surface area contributed by atoms with E-state index in [0.717, 1.165) is 38.5 Å². The lowest BCUT2D eigenvalue weighted by atomic mass is 9.99. The van der Waals surface area contributed by atoms with Crippen LogP contribution in [0.1, 0.15) is 406 Å². The number of unbranched alkanes of at least 4 members (excludes halogenated alkanes) is 56. The average Bonchev–Trinajstić information content (AvgIpc) is 3.70. The Balaban J connectivity index is 2.00. The molecule has 0 saturated carbocycles. The largest absolute Gasteiger partial charge is 0.394 e. The monoisotopic (exact) mass is 1190 g/mol. The normalized spacial score (nSPS) is 18.1. The minimum atomic E-state index is -1.55. The van der Waals surface area contributed by atoms with Crippen molar-refractivity contribution in [2.24, 2.45) is 0 Å². The van der Waals surface area contributed by atoms with Crippen molar-refractivity contribution in [3.05, 3.63) is 12.2 Å². The van der Waals surface area contributed by atoms with Crippen LogP contribution in [-0.4, -0.2) is 87.5 Å². The maximum absolute atomic E-state index is 13.2. The molecule has 1 amide bonds. The average molecular weight is 1190 g/mol. The molecule has 84 heavy (non-hydrogen) atoms. The predicted octanol–water partition coefficient (Wildman–Crippen LogP) is 21.0. The summed E-state index contributed by atoms with van der Waals surface area (Å²) in [6.07, 6.45) is 77.5. The molecule has 1 aliphatic rings. The molecule has 0 bridgehead atoms. The van der Waals surface area contributed by atoms with Gasteiger partial charge in [0.15, 0.2) is 6.29 Å². The van der Waals surface area contributed by atoms with Gasteiger partial charge in [0.25, 0.3) is 0 Å². The van der Waals surface area contributed by atoms with Gasteiger partial charge in [-0.05, 0) is 38.5 Å². The summed E-state index contributed by atoms with van der Waals surface area (Å²) in [7, 11) is 0. The lowest BCUT2D eigenvalue weighted by Gasteiger charge is -2.40. The standard InChI is InChI=1S/C75H147NO8/c1-3-5-7-9-11-13-15-17-19-21-23-25-26-27-28-29-30-31-32-33-34-35-36-37-38-39-40-41-42-43-44-45-47-49-51-53-55-57-59-61-63-65-71(79)76-68(67-83-75-74(82)73(81)72(80)70(66-77)84-75)69(78)64-62-60-58-56-54-52-50-48-46-24-22-20-18-16-14-12-10-8-6-4-2/h21,23,68-70,72-75,77-78,80-82H,3-20,22,24-67H2,1-2H3,(H,76,79)/b23-21-. The number of carbonyl (C=O) groups excluding carboxylic acids is 1. The quantitative estimate of drug-likeness (QED) is 0.0261. The molecule has 7 unspecified atom stereocenters. The zero-order valence-electron chi connectivity index (χ0n) is 56.2. The summed E-state index contributed by atoms with van der Waals surface area (Å²) in [5, 5.41) is 54.9. The molecule has 1 heterocycles. The SMILES string of the molecule is CCCCCCCCCC/C=C\CCCCCCCCCCCCCCCCCCCCCCCCCCCCCCCC(=O)NC(COC1OC(CO)C(O)C(O)C1O)C(O)CCCCCCCCCCCCCCCCCCCCCC. The van der Waals surface area contributed by atoms with Crippen LogP contribution in [0.3, 0.4) is 0 Å². The van der Waals surface area contributed by atoms with Gasteiger partial charge in [-0.25, -0.2) is 0 Å². The van der Waals surface area contributed by atoms with Gasteiger partial charge in [0, 0.05) is 6.42 Å². The van der Waals surface area contributed by atoms with Crippen molar-refractivity contribution >= 4 is 5.91 Å². The van der Waals surface area contributed by atoms with Gasteiger partial charge in [-0.2, -0.15) is 0 Å². The lowest BCUT2D eigenvalue weighted by Crippen LogP contribution is -2.60. The summed E-state index contributed by atoms with van der Waals surface area (Å²) in [6.45, 7) is 3.90. The van der Waals surface area contributed by atoms with Crippen LogP contribution in [-0.2, 0) is 14.3 Å². The molecule has 9 heteroatoms. The third kappa shape index (κ3) is 52.8. The topological polar surface area (TPSA) is 149 Å². The lowest BCUT2D eigenvalue weighted by molar-refractivity contribution is -0.302. The molecule has 500 valence electrons. The first-order chi connectivity index (χ1) is 41.3. The number of hydrogen-bond donors (Lipinski definition) is 6. The van der Waals surface area contributed by atoms with E-state index in [-0.39, 0.29) is 12.5 Å². The highest BCUT2D eigenvalue weighted by atomic mass is 16.7. The van der Waals surface area contributed by atoms with Crippen molar-refractivity contribution in [1.29, 1.82) is 0 Å². The van der Waals surface area contributed by atoms with E-state index in [9.17, 15) is 30.3 Å². The molecular weight excluding hydrogens is 1040 g/mol. The highest BCUT2D eigenvalue weighted by Gasteiger charge is 2.44. The minimum Gasteiger partial charge on any atom is -0.394 e. The molecule has 1 fully saturated rings. The number of ether oxygens (including phenoxy) is 2. The summed E-state index contributed by atoms with van der Waals surface area (Å²) in [6, 6.07) is -0.716. The van der Waals surface area contributed by atoms with Gasteiger partial charge in [-0.15, -0.1) is 0 Å². The summed E-state index contributed by atoms with van der Waals surface area (Å²) in [5.74, 6) is -0.134. The molecule has 6 N–H and O–H groups in total. The predicted molar refractivity (Wildman–Crippen MR) is 360 cm³/mol. The number of nitrogens with one attached hydrogen (secondary N) is 1. The number of carbonyl (C=O) groups is 1. The second kappa shape index (κ2) is 64.9. The molecule has 7 atom stereocenters. The van der Waals surface area contributed by atoms with E-state index in [2.05, 4.69) is 31.3 Å². The Morgan fingerprint density at radius 2 is 0.667 bits per heavy atom. The van der Waals surface area contributed by atoms with E-state index in [1.165, 1.54) is 340 Å². The molecule has 0 aromatic heterocycles. The van der Waals surface area contributed by atoms with Crippen LogP contribution in [0.25, 0.3) is 0 Å². The van der Waals surface area contributed by atoms with Crippen molar-refractivity contribution in [2.75, 3.05) is 13.2 Å². The van der Waals surface area contributed by atoms with Crippen LogP contribution in [0.2, 0.25) is 0 Å². The van der Waals surface area contributed by atoms with E-state index in [1.807, 2.05) is 0 Å². The fourth-order valence-electron chi connectivity index (χ4n) is 12.7. The Kier molecular flexibility index (Phi) is 62.5. The van der Waals surface area contributed by atoms with Gasteiger partial charge in [-0.3, -0.25) is 4.79 Å². The Morgan fingerprint density at radius 3 is 0.964 bits per heavy atom. The second-order valence-electron chi connectivity index (χ2n) is 26.8. The summed E-state index contributed by atoms with van der Waals surface area (Å²) in [4.78, 5) is 13.2. The van der Waals surface area contributed by atoms with Crippen LogP contribution in [0, 0.1) is 0 Å². The van der Waals surface area contributed by atoms with Crippen molar-refractivity contribution < 1.29 is 39.8 Å². The van der Waals surface area contributed by atoms with Gasteiger partial charge >= 0.3 is 0 Å². The maximum atomic E-state index is 13.2. The van der Waals surface area contributed by atoms with Crippen LogP contribution in [0.5, 0.6) is 0 Å². The smallest absolute Gasteiger partial charge is 0.220 e. The molecule has 9 nitrogen and oxygen atoms in total. The van der Waals surface area contributed by atoms with E-state index >= 15 is 0 Å². The zero-order valence-corrected chi connectivity index (χ0v) is 56.2. The fraction of sp³-hybridized carbons (Fsp3) is 0.960. The first kappa shape index (κ1) is 80.9. The Bertz CT molecular complexity index is 1330. The highest BCUT2D eigenvalue weighted by Crippen LogP contribution is 2.24. The van der Waals surface area contributed by atoms with Gasteiger partial charge in [0.05, 0.1) is 25.4 Å². The fourth-order valence-corrected chi connectivity index (χ4v) is 12.7. The maximum Gasteiger partial charge on any atom is 0.220 e. The summed E-state index contributed by atoms with van der Waals surface area (Å²) < 4.78 is 11.4.